The fraction of sp³-hybridized carbons (Fsp3) is 0.556. The molecule has 24 heavy (non-hydrogen) atoms. The van der Waals surface area contributed by atoms with Crippen molar-refractivity contribution in [2.24, 2.45) is 0 Å². The maximum Gasteiger partial charge on any atom is 0.410 e. The summed E-state index contributed by atoms with van der Waals surface area (Å²) in [6.07, 6.45) is 1.05. The smallest absolute Gasteiger partial charge is 0.410 e. The maximum atomic E-state index is 12.8. The van der Waals surface area contributed by atoms with Gasteiger partial charge >= 0.3 is 6.09 Å². The predicted molar refractivity (Wildman–Crippen MR) is 93.9 cm³/mol. The Morgan fingerprint density at radius 2 is 2.08 bits per heavy atom. The first-order valence-corrected chi connectivity index (χ1v) is 8.54. The van der Waals surface area contributed by atoms with E-state index in [1.54, 1.807) is 22.9 Å². The summed E-state index contributed by atoms with van der Waals surface area (Å²) in [6, 6.07) is 6.97. The molecule has 1 saturated heterocycles. The second kappa shape index (κ2) is 7.43. The molecule has 0 spiro atoms. The molecule has 2 rings (SSSR count). The van der Waals surface area contributed by atoms with E-state index >= 15 is 0 Å². The van der Waals surface area contributed by atoms with Crippen LogP contribution in [0, 0.1) is 0 Å². The van der Waals surface area contributed by atoms with Crippen molar-refractivity contribution in [3.8, 4) is 0 Å². The van der Waals surface area contributed by atoms with Gasteiger partial charge in [-0.3, -0.25) is 9.69 Å². The minimum Gasteiger partial charge on any atom is -0.444 e. The molecular formula is C18H25ClN2O3. The predicted octanol–water partition coefficient (Wildman–Crippen LogP) is 3.70. The first kappa shape index (κ1) is 18.6. The van der Waals surface area contributed by atoms with Crippen LogP contribution in [-0.2, 0) is 16.1 Å². The average molecular weight is 353 g/mol. The van der Waals surface area contributed by atoms with Crippen LogP contribution in [-0.4, -0.2) is 47.0 Å². The van der Waals surface area contributed by atoms with Crippen LogP contribution in [0.2, 0.25) is 5.02 Å². The van der Waals surface area contributed by atoms with Gasteiger partial charge in [0, 0.05) is 25.2 Å². The van der Waals surface area contributed by atoms with Gasteiger partial charge in [0.1, 0.15) is 11.6 Å². The third kappa shape index (κ3) is 4.87. The minimum atomic E-state index is -0.569. The standard InChI is InChI=1S/C18H25ClN2O3/c1-18(2,3)24-17(23)21-10-6-9-15(21)16(22)20(4)12-13-7-5-8-14(19)11-13/h5,7-8,11,15H,6,9-10,12H2,1-4H3/t15-/m0/s1. The lowest BCUT2D eigenvalue weighted by Gasteiger charge is -2.30. The largest absolute Gasteiger partial charge is 0.444 e. The average Bonchev–Trinajstić information content (AvgIpc) is 2.94. The monoisotopic (exact) mass is 352 g/mol. The number of hydrogen-bond donors (Lipinski definition) is 0. The fourth-order valence-electron chi connectivity index (χ4n) is 2.80. The molecule has 1 atom stereocenters. The molecule has 0 unspecified atom stereocenters. The van der Waals surface area contributed by atoms with E-state index in [0.717, 1.165) is 12.0 Å². The summed E-state index contributed by atoms with van der Waals surface area (Å²) in [4.78, 5) is 28.3. The Kier molecular flexibility index (Phi) is 5.75. The number of rotatable bonds is 3. The van der Waals surface area contributed by atoms with Gasteiger partial charge in [0.15, 0.2) is 0 Å². The molecule has 0 saturated carbocycles. The van der Waals surface area contributed by atoms with Crippen LogP contribution in [0.3, 0.4) is 0 Å². The molecule has 1 fully saturated rings. The molecule has 1 aliphatic rings. The quantitative estimate of drug-likeness (QED) is 0.833. The summed E-state index contributed by atoms with van der Waals surface area (Å²) in [5, 5.41) is 0.643. The number of hydrogen-bond acceptors (Lipinski definition) is 3. The van der Waals surface area contributed by atoms with E-state index in [2.05, 4.69) is 0 Å². The van der Waals surface area contributed by atoms with E-state index in [1.165, 1.54) is 0 Å². The Hall–Kier alpha value is -1.75. The van der Waals surface area contributed by atoms with Gasteiger partial charge < -0.3 is 9.64 Å². The van der Waals surface area contributed by atoms with Crippen molar-refractivity contribution in [2.45, 2.75) is 51.8 Å². The van der Waals surface area contributed by atoms with Gasteiger partial charge in [0.05, 0.1) is 0 Å². The Balaban J connectivity index is 2.03. The lowest BCUT2D eigenvalue weighted by Crippen LogP contribution is -2.47. The third-order valence-electron chi connectivity index (χ3n) is 3.85. The van der Waals surface area contributed by atoms with E-state index in [0.29, 0.717) is 24.5 Å². The highest BCUT2D eigenvalue weighted by Crippen LogP contribution is 2.23. The van der Waals surface area contributed by atoms with Crippen molar-refractivity contribution in [1.82, 2.24) is 9.80 Å². The number of halogens is 1. The summed E-state index contributed by atoms with van der Waals surface area (Å²) in [6.45, 7) is 6.48. The zero-order valence-electron chi connectivity index (χ0n) is 14.7. The van der Waals surface area contributed by atoms with E-state index in [9.17, 15) is 9.59 Å². The van der Waals surface area contributed by atoms with Crippen LogP contribution in [0.15, 0.2) is 24.3 Å². The van der Waals surface area contributed by atoms with Crippen LogP contribution in [0.1, 0.15) is 39.2 Å². The molecule has 0 N–H and O–H groups in total. The lowest BCUT2D eigenvalue weighted by molar-refractivity contribution is -0.135. The van der Waals surface area contributed by atoms with Gasteiger partial charge in [0.25, 0.3) is 0 Å². The van der Waals surface area contributed by atoms with Gasteiger partial charge in [-0.05, 0) is 51.3 Å². The molecule has 1 aliphatic heterocycles. The van der Waals surface area contributed by atoms with E-state index < -0.39 is 17.7 Å². The Morgan fingerprint density at radius 1 is 1.38 bits per heavy atom. The summed E-state index contributed by atoms with van der Waals surface area (Å²) >= 11 is 5.99. The number of carbonyl (C=O) groups excluding carboxylic acids is 2. The van der Waals surface area contributed by atoms with Gasteiger partial charge in [0.2, 0.25) is 5.91 Å². The number of likely N-dealkylation sites (N-methyl/N-ethyl adjacent to an activating group) is 1. The molecule has 0 bridgehead atoms. The maximum absolute atomic E-state index is 12.8. The van der Waals surface area contributed by atoms with Crippen molar-refractivity contribution in [2.75, 3.05) is 13.6 Å². The zero-order valence-corrected chi connectivity index (χ0v) is 15.5. The number of nitrogens with zero attached hydrogens (tertiary/aromatic N) is 2. The van der Waals surface area contributed by atoms with Gasteiger partial charge in [-0.25, -0.2) is 4.79 Å². The number of likely N-dealkylation sites (tertiary alicyclic amines) is 1. The van der Waals surface area contributed by atoms with E-state index in [4.69, 9.17) is 16.3 Å². The normalized spacial score (nSPS) is 17.7. The van der Waals surface area contributed by atoms with Crippen LogP contribution in [0.25, 0.3) is 0 Å². The van der Waals surface area contributed by atoms with Gasteiger partial charge in [-0.15, -0.1) is 0 Å². The Labute approximate surface area is 148 Å². The Bertz CT molecular complexity index is 613. The van der Waals surface area contributed by atoms with Crippen LogP contribution in [0.5, 0.6) is 0 Å². The summed E-state index contributed by atoms with van der Waals surface area (Å²) in [7, 11) is 1.74. The number of ether oxygens (including phenoxy) is 1. The molecule has 1 aromatic carbocycles. The third-order valence-corrected chi connectivity index (χ3v) is 4.09. The molecule has 6 heteroatoms. The summed E-state index contributed by atoms with van der Waals surface area (Å²) < 4.78 is 5.41. The van der Waals surface area contributed by atoms with Crippen molar-refractivity contribution < 1.29 is 14.3 Å². The van der Waals surface area contributed by atoms with Gasteiger partial charge in [-0.2, -0.15) is 0 Å². The molecular weight excluding hydrogens is 328 g/mol. The topological polar surface area (TPSA) is 49.9 Å². The first-order valence-electron chi connectivity index (χ1n) is 8.16. The van der Waals surface area contributed by atoms with Crippen molar-refractivity contribution in [3.63, 3.8) is 0 Å². The van der Waals surface area contributed by atoms with Crippen LogP contribution < -0.4 is 0 Å². The molecule has 2 amide bonds. The number of carbonyl (C=O) groups is 2. The highest BCUT2D eigenvalue weighted by Gasteiger charge is 2.37. The highest BCUT2D eigenvalue weighted by molar-refractivity contribution is 6.30. The van der Waals surface area contributed by atoms with E-state index in [1.807, 2.05) is 39.0 Å². The lowest BCUT2D eigenvalue weighted by atomic mass is 10.1. The zero-order chi connectivity index (χ0) is 17.9. The van der Waals surface area contributed by atoms with E-state index in [-0.39, 0.29) is 5.91 Å². The van der Waals surface area contributed by atoms with Crippen molar-refractivity contribution in [1.29, 1.82) is 0 Å². The second-order valence-corrected chi connectivity index (χ2v) is 7.59. The SMILES string of the molecule is CN(Cc1cccc(Cl)c1)C(=O)[C@@H]1CCCN1C(=O)OC(C)(C)C. The van der Waals surface area contributed by atoms with Crippen molar-refractivity contribution in [3.05, 3.63) is 34.9 Å². The molecule has 1 heterocycles. The number of amides is 2. The highest BCUT2D eigenvalue weighted by atomic mass is 35.5. The van der Waals surface area contributed by atoms with Crippen LogP contribution in [0.4, 0.5) is 4.79 Å². The molecule has 0 radical (unpaired) electrons. The Morgan fingerprint density at radius 3 is 2.71 bits per heavy atom. The summed E-state index contributed by atoms with van der Waals surface area (Å²) in [5.74, 6) is -0.0710. The number of benzene rings is 1. The molecule has 0 aliphatic carbocycles. The minimum absolute atomic E-state index is 0.0710. The molecule has 0 aromatic heterocycles. The first-order chi connectivity index (χ1) is 11.2. The summed E-state index contributed by atoms with van der Waals surface area (Å²) in [5.41, 5.74) is 0.389. The fourth-order valence-corrected chi connectivity index (χ4v) is 3.02. The van der Waals surface area contributed by atoms with Crippen LogP contribution >= 0.6 is 11.6 Å². The molecule has 5 nitrogen and oxygen atoms in total. The van der Waals surface area contributed by atoms with Crippen molar-refractivity contribution >= 4 is 23.6 Å². The van der Waals surface area contributed by atoms with Gasteiger partial charge in [-0.1, -0.05) is 23.7 Å². The molecule has 132 valence electrons. The second-order valence-electron chi connectivity index (χ2n) is 7.16. The molecule has 1 aromatic rings.